The zero-order valence-corrected chi connectivity index (χ0v) is 16.0. The zero-order valence-electron chi connectivity index (χ0n) is 13.7. The second kappa shape index (κ2) is 9.76. The van der Waals surface area contributed by atoms with Gasteiger partial charge in [-0.1, -0.05) is 0 Å². The van der Waals surface area contributed by atoms with Crippen LogP contribution in [0.3, 0.4) is 0 Å². The van der Waals surface area contributed by atoms with Gasteiger partial charge < -0.3 is 24.5 Å². The van der Waals surface area contributed by atoms with E-state index in [9.17, 15) is 4.79 Å². The van der Waals surface area contributed by atoms with Gasteiger partial charge >= 0.3 is 5.97 Å². The topological polar surface area (TPSA) is 85.1 Å². The molecule has 0 aromatic carbocycles. The fourth-order valence-corrected chi connectivity index (χ4v) is 2.35. The molecule has 130 valence electrons. The Balaban J connectivity index is 0.00000264. The fourth-order valence-electron chi connectivity index (χ4n) is 2.35. The van der Waals surface area contributed by atoms with Crippen molar-refractivity contribution in [2.75, 3.05) is 27.3 Å². The Morgan fingerprint density at radius 2 is 2.26 bits per heavy atom. The molecule has 0 radical (unpaired) electrons. The molecule has 1 fully saturated rings. The molecule has 0 saturated carbocycles. The molecule has 1 unspecified atom stereocenters. The van der Waals surface area contributed by atoms with Crippen molar-refractivity contribution >= 4 is 35.9 Å². The predicted molar refractivity (Wildman–Crippen MR) is 97.4 cm³/mol. The van der Waals surface area contributed by atoms with Crippen LogP contribution in [0.4, 0.5) is 0 Å². The summed E-state index contributed by atoms with van der Waals surface area (Å²) in [4.78, 5) is 15.7. The van der Waals surface area contributed by atoms with Gasteiger partial charge in [0, 0.05) is 20.2 Å². The number of methoxy groups -OCH3 is 1. The number of ether oxygens (including phenoxy) is 2. The maximum absolute atomic E-state index is 11.5. The van der Waals surface area contributed by atoms with E-state index in [0.29, 0.717) is 29.6 Å². The molecule has 23 heavy (non-hydrogen) atoms. The summed E-state index contributed by atoms with van der Waals surface area (Å²) in [6.07, 6.45) is 2.43. The SMILES string of the molecule is CN=C(NCc1cc(C(=O)OC)c(C)o1)NCC1CCCO1.I. The van der Waals surface area contributed by atoms with Crippen molar-refractivity contribution in [3.8, 4) is 0 Å². The summed E-state index contributed by atoms with van der Waals surface area (Å²) in [5.41, 5.74) is 0.446. The molecular formula is C15H24IN3O4. The average Bonchev–Trinajstić information content (AvgIpc) is 3.16. The van der Waals surface area contributed by atoms with E-state index in [1.807, 2.05) is 0 Å². The first kappa shape index (κ1) is 19.8. The van der Waals surface area contributed by atoms with Gasteiger partial charge in [0.2, 0.25) is 0 Å². The molecule has 1 aliphatic heterocycles. The van der Waals surface area contributed by atoms with E-state index in [-0.39, 0.29) is 30.1 Å². The van der Waals surface area contributed by atoms with Crippen LogP contribution in [-0.2, 0) is 16.0 Å². The van der Waals surface area contributed by atoms with Crippen LogP contribution in [0.1, 0.15) is 34.7 Å². The third-order valence-electron chi connectivity index (χ3n) is 3.55. The van der Waals surface area contributed by atoms with Crippen molar-refractivity contribution in [3.63, 3.8) is 0 Å². The lowest BCUT2D eigenvalue weighted by Gasteiger charge is -2.14. The molecule has 1 aromatic heterocycles. The van der Waals surface area contributed by atoms with E-state index in [4.69, 9.17) is 13.9 Å². The second-order valence-electron chi connectivity index (χ2n) is 5.12. The normalized spacial score (nSPS) is 17.5. The summed E-state index contributed by atoms with van der Waals surface area (Å²) in [6.45, 7) is 3.73. The van der Waals surface area contributed by atoms with Gasteiger partial charge in [0.25, 0.3) is 0 Å². The van der Waals surface area contributed by atoms with Crippen LogP contribution in [0.15, 0.2) is 15.5 Å². The summed E-state index contributed by atoms with van der Waals surface area (Å²) in [6, 6.07) is 1.68. The molecule has 1 aromatic rings. The molecule has 0 spiro atoms. The number of nitrogens with zero attached hydrogens (tertiary/aromatic N) is 1. The number of guanidine groups is 1. The molecule has 7 nitrogen and oxygen atoms in total. The number of hydrogen-bond donors (Lipinski definition) is 2. The molecule has 0 aliphatic carbocycles. The zero-order chi connectivity index (χ0) is 15.9. The molecule has 1 aliphatic rings. The summed E-state index contributed by atoms with van der Waals surface area (Å²) < 4.78 is 15.8. The fraction of sp³-hybridized carbons (Fsp3) is 0.600. The first-order chi connectivity index (χ1) is 10.6. The van der Waals surface area contributed by atoms with Crippen LogP contribution in [0.2, 0.25) is 0 Å². The quantitative estimate of drug-likeness (QED) is 0.317. The number of carbonyl (C=O) groups excluding carboxylic acids is 1. The van der Waals surface area contributed by atoms with E-state index in [1.165, 1.54) is 7.11 Å². The van der Waals surface area contributed by atoms with Crippen molar-refractivity contribution < 1.29 is 18.7 Å². The van der Waals surface area contributed by atoms with Crippen LogP contribution in [-0.4, -0.2) is 45.3 Å². The second-order valence-corrected chi connectivity index (χ2v) is 5.12. The van der Waals surface area contributed by atoms with Crippen LogP contribution in [0.25, 0.3) is 0 Å². The molecule has 2 N–H and O–H groups in total. The number of furan rings is 1. The summed E-state index contributed by atoms with van der Waals surface area (Å²) in [5.74, 6) is 1.47. The summed E-state index contributed by atoms with van der Waals surface area (Å²) in [7, 11) is 3.06. The maximum atomic E-state index is 11.5. The van der Waals surface area contributed by atoms with Gasteiger partial charge in [-0.15, -0.1) is 24.0 Å². The van der Waals surface area contributed by atoms with Gasteiger partial charge in [-0.2, -0.15) is 0 Å². The lowest BCUT2D eigenvalue weighted by Crippen LogP contribution is -2.40. The van der Waals surface area contributed by atoms with Crippen molar-refractivity contribution in [1.29, 1.82) is 0 Å². The first-order valence-electron chi connectivity index (χ1n) is 7.37. The Kier molecular flexibility index (Phi) is 8.38. The lowest BCUT2D eigenvalue weighted by atomic mass is 10.2. The predicted octanol–water partition coefficient (Wildman–Crippen LogP) is 1.84. The van der Waals surface area contributed by atoms with Gasteiger partial charge in [0.15, 0.2) is 5.96 Å². The highest BCUT2D eigenvalue weighted by molar-refractivity contribution is 14.0. The summed E-state index contributed by atoms with van der Waals surface area (Å²) >= 11 is 0. The Bertz CT molecular complexity index is 539. The number of halogens is 1. The molecule has 1 atom stereocenters. The third-order valence-corrected chi connectivity index (χ3v) is 3.55. The largest absolute Gasteiger partial charge is 0.465 e. The lowest BCUT2D eigenvalue weighted by molar-refractivity contribution is 0.0599. The minimum Gasteiger partial charge on any atom is -0.465 e. The Morgan fingerprint density at radius 3 is 2.87 bits per heavy atom. The molecule has 0 bridgehead atoms. The van der Waals surface area contributed by atoms with Crippen molar-refractivity contribution in [2.45, 2.75) is 32.4 Å². The van der Waals surface area contributed by atoms with Crippen LogP contribution < -0.4 is 10.6 Å². The Labute approximate surface area is 153 Å². The van der Waals surface area contributed by atoms with E-state index < -0.39 is 5.97 Å². The number of esters is 1. The van der Waals surface area contributed by atoms with Crippen molar-refractivity contribution in [2.24, 2.45) is 4.99 Å². The van der Waals surface area contributed by atoms with E-state index in [1.54, 1.807) is 20.0 Å². The molecule has 1 saturated heterocycles. The van der Waals surface area contributed by atoms with E-state index >= 15 is 0 Å². The molecule has 0 amide bonds. The summed E-state index contributed by atoms with van der Waals surface area (Å²) in [5, 5.41) is 6.36. The van der Waals surface area contributed by atoms with Gasteiger partial charge in [-0.05, 0) is 25.8 Å². The average molecular weight is 437 g/mol. The maximum Gasteiger partial charge on any atom is 0.341 e. The van der Waals surface area contributed by atoms with Gasteiger partial charge in [-0.25, -0.2) is 4.79 Å². The number of carbonyl (C=O) groups is 1. The highest BCUT2D eigenvalue weighted by Crippen LogP contribution is 2.15. The van der Waals surface area contributed by atoms with Gasteiger partial charge in [-0.3, -0.25) is 4.99 Å². The molecular weight excluding hydrogens is 413 g/mol. The van der Waals surface area contributed by atoms with E-state index in [0.717, 1.165) is 26.0 Å². The Morgan fingerprint density at radius 1 is 1.48 bits per heavy atom. The number of aryl methyl sites for hydroxylation is 1. The van der Waals surface area contributed by atoms with Crippen molar-refractivity contribution in [1.82, 2.24) is 10.6 Å². The molecule has 2 rings (SSSR count). The van der Waals surface area contributed by atoms with Crippen LogP contribution in [0.5, 0.6) is 0 Å². The number of aliphatic imine (C=N–C) groups is 1. The Hall–Kier alpha value is -1.29. The molecule has 2 heterocycles. The van der Waals surface area contributed by atoms with Gasteiger partial charge in [0.1, 0.15) is 17.1 Å². The highest BCUT2D eigenvalue weighted by atomic mass is 127. The third kappa shape index (κ3) is 5.69. The minimum absolute atomic E-state index is 0. The molecule has 8 heteroatoms. The number of rotatable bonds is 5. The van der Waals surface area contributed by atoms with Crippen molar-refractivity contribution in [3.05, 3.63) is 23.2 Å². The van der Waals surface area contributed by atoms with E-state index in [2.05, 4.69) is 15.6 Å². The van der Waals surface area contributed by atoms with Crippen LogP contribution >= 0.6 is 24.0 Å². The van der Waals surface area contributed by atoms with Crippen LogP contribution in [0, 0.1) is 6.92 Å². The highest BCUT2D eigenvalue weighted by Gasteiger charge is 2.17. The number of hydrogen-bond acceptors (Lipinski definition) is 5. The standard InChI is InChI=1S/C15H23N3O4.HI/c1-10-13(14(19)20-3)7-12(22-10)9-18-15(16-2)17-8-11-5-4-6-21-11;/h7,11H,4-6,8-9H2,1-3H3,(H2,16,17,18);1H. The first-order valence-corrected chi connectivity index (χ1v) is 7.37. The smallest absolute Gasteiger partial charge is 0.341 e. The monoisotopic (exact) mass is 437 g/mol. The minimum atomic E-state index is -0.395. The van der Waals surface area contributed by atoms with Gasteiger partial charge in [0.05, 0.1) is 19.8 Å². The number of nitrogens with one attached hydrogen (secondary N) is 2.